The lowest BCUT2D eigenvalue weighted by molar-refractivity contribution is -0.123. The largest absolute Gasteiger partial charge is 0.487 e. The number of carbonyl (C=O) groups excluding carboxylic acids is 2. The molecule has 0 unspecified atom stereocenters. The number of carbonyl (C=O) groups is 2. The smallest absolute Gasteiger partial charge is 0.293 e. The SMILES string of the molecule is Cc1ccccc1CN1C(=O)S/C(=C\c2ccc(OCc3ccccc3)c(Cl)c2)C1=O. The predicted molar refractivity (Wildman–Crippen MR) is 125 cm³/mol. The van der Waals surface area contributed by atoms with Crippen LogP contribution < -0.4 is 4.74 Å². The number of hydrogen-bond donors (Lipinski definition) is 0. The van der Waals surface area contributed by atoms with Crippen LogP contribution >= 0.6 is 23.4 Å². The van der Waals surface area contributed by atoms with Crippen molar-refractivity contribution in [1.29, 1.82) is 0 Å². The zero-order valence-corrected chi connectivity index (χ0v) is 18.5. The van der Waals surface area contributed by atoms with Crippen LogP contribution in [0.25, 0.3) is 6.08 Å². The highest BCUT2D eigenvalue weighted by atomic mass is 35.5. The van der Waals surface area contributed by atoms with Gasteiger partial charge in [-0.3, -0.25) is 14.5 Å². The van der Waals surface area contributed by atoms with Crippen LogP contribution in [0, 0.1) is 6.92 Å². The zero-order chi connectivity index (χ0) is 21.8. The summed E-state index contributed by atoms with van der Waals surface area (Å²) in [5.41, 5.74) is 3.78. The average Bonchev–Trinajstić information content (AvgIpc) is 3.03. The van der Waals surface area contributed by atoms with Gasteiger partial charge in [0.1, 0.15) is 12.4 Å². The number of amides is 2. The molecule has 0 spiro atoms. The van der Waals surface area contributed by atoms with Crippen molar-refractivity contribution in [1.82, 2.24) is 4.90 Å². The summed E-state index contributed by atoms with van der Waals surface area (Å²) in [4.78, 5) is 26.9. The monoisotopic (exact) mass is 449 g/mol. The second-order valence-electron chi connectivity index (χ2n) is 7.16. The van der Waals surface area contributed by atoms with E-state index in [1.54, 1.807) is 18.2 Å². The summed E-state index contributed by atoms with van der Waals surface area (Å²) < 4.78 is 5.79. The van der Waals surface area contributed by atoms with Crippen molar-refractivity contribution in [2.75, 3.05) is 0 Å². The zero-order valence-electron chi connectivity index (χ0n) is 16.9. The van der Waals surface area contributed by atoms with Crippen molar-refractivity contribution in [3.05, 3.63) is 105 Å². The van der Waals surface area contributed by atoms with Crippen molar-refractivity contribution in [3.63, 3.8) is 0 Å². The van der Waals surface area contributed by atoms with Gasteiger partial charge >= 0.3 is 0 Å². The molecule has 1 aliphatic heterocycles. The maximum Gasteiger partial charge on any atom is 0.293 e. The van der Waals surface area contributed by atoms with Gasteiger partial charge in [0.25, 0.3) is 11.1 Å². The Balaban J connectivity index is 1.47. The van der Waals surface area contributed by atoms with Crippen molar-refractivity contribution in [3.8, 4) is 5.75 Å². The molecule has 0 N–H and O–H groups in total. The third kappa shape index (κ3) is 5.01. The molecule has 1 saturated heterocycles. The van der Waals surface area contributed by atoms with Crippen LogP contribution in [0.15, 0.2) is 77.7 Å². The van der Waals surface area contributed by atoms with Crippen LogP contribution in [0.3, 0.4) is 0 Å². The van der Waals surface area contributed by atoms with Crippen LogP contribution in [0.5, 0.6) is 5.75 Å². The molecule has 3 aromatic rings. The number of halogens is 1. The molecule has 4 rings (SSSR count). The first-order chi connectivity index (χ1) is 15.0. The maximum absolute atomic E-state index is 12.8. The lowest BCUT2D eigenvalue weighted by Crippen LogP contribution is -2.27. The van der Waals surface area contributed by atoms with Gasteiger partial charge in [0.15, 0.2) is 0 Å². The van der Waals surface area contributed by atoms with E-state index in [4.69, 9.17) is 16.3 Å². The van der Waals surface area contributed by atoms with E-state index in [2.05, 4.69) is 0 Å². The Kier molecular flexibility index (Phi) is 6.44. The summed E-state index contributed by atoms with van der Waals surface area (Å²) in [6.07, 6.45) is 1.69. The first-order valence-electron chi connectivity index (χ1n) is 9.77. The van der Waals surface area contributed by atoms with Gasteiger partial charge in [-0.1, -0.05) is 72.3 Å². The highest BCUT2D eigenvalue weighted by Gasteiger charge is 2.35. The minimum Gasteiger partial charge on any atom is -0.487 e. The van der Waals surface area contributed by atoms with E-state index in [9.17, 15) is 9.59 Å². The first-order valence-corrected chi connectivity index (χ1v) is 11.0. The molecular formula is C25H20ClNO3S. The van der Waals surface area contributed by atoms with Crippen LogP contribution in [-0.2, 0) is 17.9 Å². The molecule has 6 heteroatoms. The van der Waals surface area contributed by atoms with Crippen molar-refractivity contribution in [2.24, 2.45) is 0 Å². The number of thioether (sulfide) groups is 1. The Bertz CT molecular complexity index is 1160. The van der Waals surface area contributed by atoms with Gasteiger partial charge in [0.2, 0.25) is 0 Å². The minimum absolute atomic E-state index is 0.266. The predicted octanol–water partition coefficient (Wildman–Crippen LogP) is 6.46. The lowest BCUT2D eigenvalue weighted by Gasteiger charge is -2.14. The summed E-state index contributed by atoms with van der Waals surface area (Å²) in [6.45, 7) is 2.65. The number of nitrogens with zero attached hydrogens (tertiary/aromatic N) is 1. The molecule has 4 nitrogen and oxygen atoms in total. The van der Waals surface area contributed by atoms with Crippen molar-refractivity contribution >= 4 is 40.6 Å². The number of rotatable bonds is 6. The van der Waals surface area contributed by atoms with Gasteiger partial charge in [-0.05, 0) is 59.1 Å². The summed E-state index contributed by atoms with van der Waals surface area (Å²) in [5, 5.41) is 0.178. The van der Waals surface area contributed by atoms with E-state index in [1.807, 2.05) is 67.6 Å². The van der Waals surface area contributed by atoms with Crippen LogP contribution in [0.4, 0.5) is 4.79 Å². The van der Waals surface area contributed by atoms with Gasteiger partial charge in [-0.2, -0.15) is 0 Å². The summed E-state index contributed by atoms with van der Waals surface area (Å²) in [5.74, 6) is 0.272. The molecule has 0 atom stereocenters. The number of aryl methyl sites for hydroxylation is 1. The Morgan fingerprint density at radius 1 is 1.00 bits per heavy atom. The molecule has 3 aromatic carbocycles. The highest BCUT2D eigenvalue weighted by molar-refractivity contribution is 8.18. The minimum atomic E-state index is -0.293. The fraction of sp³-hybridized carbons (Fsp3) is 0.120. The second kappa shape index (κ2) is 9.41. The van der Waals surface area contributed by atoms with E-state index in [1.165, 1.54) is 4.90 Å². The Morgan fingerprint density at radius 3 is 2.48 bits per heavy atom. The molecule has 0 aliphatic carbocycles. The van der Waals surface area contributed by atoms with E-state index in [0.717, 1.165) is 34.0 Å². The summed E-state index contributed by atoms with van der Waals surface area (Å²) in [7, 11) is 0. The Hall–Kier alpha value is -3.02. The molecule has 1 fully saturated rings. The van der Waals surface area contributed by atoms with Crippen LogP contribution in [-0.4, -0.2) is 16.0 Å². The van der Waals surface area contributed by atoms with Crippen LogP contribution in [0.2, 0.25) is 5.02 Å². The molecule has 1 aliphatic rings. The number of hydrogen-bond acceptors (Lipinski definition) is 4. The molecule has 0 radical (unpaired) electrons. The maximum atomic E-state index is 12.8. The van der Waals surface area contributed by atoms with E-state index >= 15 is 0 Å². The average molecular weight is 450 g/mol. The van der Waals surface area contributed by atoms with Gasteiger partial charge < -0.3 is 4.74 Å². The molecule has 1 heterocycles. The number of ether oxygens (including phenoxy) is 1. The van der Waals surface area contributed by atoms with E-state index in [-0.39, 0.29) is 17.7 Å². The highest BCUT2D eigenvalue weighted by Crippen LogP contribution is 2.35. The van der Waals surface area contributed by atoms with Gasteiger partial charge in [0, 0.05) is 0 Å². The molecule has 31 heavy (non-hydrogen) atoms. The normalized spacial score (nSPS) is 15.0. The number of imide groups is 1. The Labute approximate surface area is 190 Å². The third-order valence-corrected chi connectivity index (χ3v) is 6.16. The quantitative estimate of drug-likeness (QED) is 0.405. The third-order valence-electron chi connectivity index (χ3n) is 4.95. The molecule has 0 saturated carbocycles. The first kappa shape index (κ1) is 21.2. The van der Waals surface area contributed by atoms with E-state index in [0.29, 0.717) is 22.3 Å². The van der Waals surface area contributed by atoms with E-state index < -0.39 is 0 Å². The fourth-order valence-electron chi connectivity index (χ4n) is 3.20. The standard InChI is InChI=1S/C25H20ClNO3S/c1-17-7-5-6-10-20(17)15-27-24(28)23(31-25(27)29)14-19-11-12-22(21(26)13-19)30-16-18-8-3-2-4-9-18/h2-14H,15-16H2,1H3/b23-14-. The van der Waals surface area contributed by atoms with Crippen molar-refractivity contribution < 1.29 is 14.3 Å². The van der Waals surface area contributed by atoms with Gasteiger partial charge in [-0.25, -0.2) is 0 Å². The molecular weight excluding hydrogens is 430 g/mol. The van der Waals surface area contributed by atoms with Crippen molar-refractivity contribution in [2.45, 2.75) is 20.1 Å². The molecule has 0 bridgehead atoms. The van der Waals surface area contributed by atoms with Crippen LogP contribution in [0.1, 0.15) is 22.3 Å². The fourth-order valence-corrected chi connectivity index (χ4v) is 4.29. The number of benzene rings is 3. The van der Waals surface area contributed by atoms with Gasteiger partial charge in [-0.15, -0.1) is 0 Å². The summed E-state index contributed by atoms with van der Waals surface area (Å²) >= 11 is 7.32. The van der Waals surface area contributed by atoms with Gasteiger partial charge in [0.05, 0.1) is 16.5 Å². The molecule has 156 valence electrons. The molecule has 0 aromatic heterocycles. The second-order valence-corrected chi connectivity index (χ2v) is 8.56. The Morgan fingerprint density at radius 2 is 1.74 bits per heavy atom. The summed E-state index contributed by atoms with van der Waals surface area (Å²) in [6, 6.07) is 22.9. The topological polar surface area (TPSA) is 46.6 Å². The molecule has 2 amide bonds. The lowest BCUT2D eigenvalue weighted by atomic mass is 10.1.